The van der Waals surface area contributed by atoms with E-state index in [9.17, 15) is 8.78 Å². The molecule has 6 nitrogen and oxygen atoms in total. The maximum atomic E-state index is 14.2. The van der Waals surface area contributed by atoms with E-state index in [1.54, 1.807) is 6.07 Å². The van der Waals surface area contributed by atoms with Crippen LogP contribution in [0.2, 0.25) is 0 Å². The highest BCUT2D eigenvalue weighted by Gasteiger charge is 2.19. The zero-order valence-electron chi connectivity index (χ0n) is 16.3. The predicted octanol–water partition coefficient (Wildman–Crippen LogP) is 4.16. The van der Waals surface area contributed by atoms with Crippen LogP contribution in [-0.4, -0.2) is 31.6 Å². The summed E-state index contributed by atoms with van der Waals surface area (Å²) in [5.41, 5.74) is 2.52. The molecular formula is C22H20F2N4O2. The Bertz CT molecular complexity index is 1170. The molecule has 4 aromatic rings. The van der Waals surface area contributed by atoms with Gasteiger partial charge in [0.15, 0.2) is 23.1 Å². The number of aliphatic hydroxyl groups excluding tert-OH is 1. The van der Waals surface area contributed by atoms with Crippen molar-refractivity contribution in [3.63, 3.8) is 0 Å². The molecule has 0 amide bonds. The van der Waals surface area contributed by atoms with Crippen LogP contribution in [0.15, 0.2) is 53.1 Å². The van der Waals surface area contributed by atoms with Crippen molar-refractivity contribution in [2.24, 2.45) is 0 Å². The van der Waals surface area contributed by atoms with E-state index in [0.29, 0.717) is 35.9 Å². The van der Waals surface area contributed by atoms with Crippen molar-refractivity contribution in [1.29, 1.82) is 0 Å². The summed E-state index contributed by atoms with van der Waals surface area (Å²) < 4.78 is 34.8. The van der Waals surface area contributed by atoms with Gasteiger partial charge in [0, 0.05) is 30.2 Å². The maximum absolute atomic E-state index is 14.2. The van der Waals surface area contributed by atoms with Crippen LogP contribution in [-0.2, 0) is 13.0 Å². The Morgan fingerprint density at radius 1 is 1.10 bits per heavy atom. The van der Waals surface area contributed by atoms with E-state index in [-0.39, 0.29) is 18.7 Å². The fourth-order valence-corrected chi connectivity index (χ4v) is 3.21. The van der Waals surface area contributed by atoms with Crippen LogP contribution < -0.4 is 0 Å². The van der Waals surface area contributed by atoms with E-state index < -0.39 is 11.6 Å². The minimum absolute atomic E-state index is 0.00376. The lowest BCUT2D eigenvalue weighted by Gasteiger charge is -2.05. The lowest BCUT2D eigenvalue weighted by atomic mass is 10.1. The molecule has 0 saturated carbocycles. The zero-order chi connectivity index (χ0) is 21.1. The van der Waals surface area contributed by atoms with Gasteiger partial charge in [0.2, 0.25) is 0 Å². The van der Waals surface area contributed by atoms with Crippen LogP contribution >= 0.6 is 0 Å². The molecule has 0 bridgehead atoms. The van der Waals surface area contributed by atoms with Gasteiger partial charge in [-0.15, -0.1) is 0 Å². The van der Waals surface area contributed by atoms with Gasteiger partial charge >= 0.3 is 0 Å². The van der Waals surface area contributed by atoms with Crippen molar-refractivity contribution in [1.82, 2.24) is 19.9 Å². The first-order chi connectivity index (χ1) is 14.5. The maximum Gasteiger partial charge on any atom is 0.180 e. The predicted molar refractivity (Wildman–Crippen MR) is 107 cm³/mol. The standard InChI is InChI=1S/C22H20F2N4O2/c1-14-5-2-3-6-17(14)20-12-19(27-30-20)22-25-21(7-4-10-29)26-28(22)13-15-11-16(23)8-9-18(15)24/h2-3,5-6,8-9,11-12,29H,4,7,10,13H2,1H3. The first-order valence-corrected chi connectivity index (χ1v) is 9.56. The summed E-state index contributed by atoms with van der Waals surface area (Å²) in [4.78, 5) is 4.50. The Hall–Kier alpha value is -3.39. The first kappa shape index (κ1) is 19.9. The van der Waals surface area contributed by atoms with E-state index in [4.69, 9.17) is 9.63 Å². The average Bonchev–Trinajstić information content (AvgIpc) is 3.36. The second kappa shape index (κ2) is 8.54. The summed E-state index contributed by atoms with van der Waals surface area (Å²) in [6, 6.07) is 12.8. The van der Waals surface area contributed by atoms with Gasteiger partial charge in [-0.3, -0.25) is 0 Å². The fourth-order valence-electron chi connectivity index (χ4n) is 3.21. The number of rotatable bonds is 7. The largest absolute Gasteiger partial charge is 0.396 e. The van der Waals surface area contributed by atoms with Crippen LogP contribution in [0.1, 0.15) is 23.4 Å². The van der Waals surface area contributed by atoms with Crippen LogP contribution in [0.3, 0.4) is 0 Å². The van der Waals surface area contributed by atoms with Gasteiger partial charge in [0.05, 0.1) is 6.54 Å². The van der Waals surface area contributed by atoms with Crippen molar-refractivity contribution >= 4 is 0 Å². The third-order valence-electron chi connectivity index (χ3n) is 4.75. The number of hydrogen-bond acceptors (Lipinski definition) is 5. The number of benzene rings is 2. The smallest absolute Gasteiger partial charge is 0.180 e. The van der Waals surface area contributed by atoms with Gasteiger partial charge in [-0.05, 0) is 37.1 Å². The van der Waals surface area contributed by atoms with Crippen LogP contribution in [0.5, 0.6) is 0 Å². The molecule has 0 aliphatic carbocycles. The number of nitrogens with zero attached hydrogens (tertiary/aromatic N) is 4. The number of aliphatic hydroxyl groups is 1. The summed E-state index contributed by atoms with van der Waals surface area (Å²) in [6.45, 7) is 1.96. The molecule has 0 spiro atoms. The van der Waals surface area contributed by atoms with E-state index >= 15 is 0 Å². The quantitative estimate of drug-likeness (QED) is 0.495. The molecule has 154 valence electrons. The van der Waals surface area contributed by atoms with Gasteiger partial charge in [0.1, 0.15) is 11.6 Å². The Morgan fingerprint density at radius 3 is 2.73 bits per heavy atom. The molecule has 2 aromatic heterocycles. The van der Waals surface area contributed by atoms with Crippen molar-refractivity contribution in [2.75, 3.05) is 6.61 Å². The van der Waals surface area contributed by atoms with Crippen LogP contribution in [0.25, 0.3) is 22.8 Å². The zero-order valence-corrected chi connectivity index (χ0v) is 16.3. The van der Waals surface area contributed by atoms with Crippen molar-refractivity contribution in [2.45, 2.75) is 26.3 Å². The highest BCUT2D eigenvalue weighted by atomic mass is 19.1. The highest BCUT2D eigenvalue weighted by Crippen LogP contribution is 2.28. The lowest BCUT2D eigenvalue weighted by molar-refractivity contribution is 0.287. The summed E-state index contributed by atoms with van der Waals surface area (Å²) in [5.74, 6) is 0.380. The van der Waals surface area contributed by atoms with Crippen molar-refractivity contribution in [3.05, 3.63) is 77.1 Å². The van der Waals surface area contributed by atoms with Gasteiger partial charge in [-0.25, -0.2) is 18.4 Å². The molecule has 0 fully saturated rings. The van der Waals surface area contributed by atoms with Gasteiger partial charge in [0.25, 0.3) is 0 Å². The third-order valence-corrected chi connectivity index (χ3v) is 4.75. The van der Waals surface area contributed by atoms with E-state index in [0.717, 1.165) is 29.3 Å². The Kier molecular flexibility index (Phi) is 5.67. The second-order valence-electron chi connectivity index (χ2n) is 6.96. The fraction of sp³-hybridized carbons (Fsp3) is 0.227. The van der Waals surface area contributed by atoms with Crippen molar-refractivity contribution in [3.8, 4) is 22.8 Å². The molecule has 2 aromatic carbocycles. The summed E-state index contributed by atoms with van der Waals surface area (Å²) in [6.07, 6.45) is 0.940. The monoisotopic (exact) mass is 410 g/mol. The average molecular weight is 410 g/mol. The highest BCUT2D eigenvalue weighted by molar-refractivity contribution is 5.66. The molecular weight excluding hydrogens is 390 g/mol. The number of hydrogen-bond donors (Lipinski definition) is 1. The Balaban J connectivity index is 1.72. The molecule has 30 heavy (non-hydrogen) atoms. The lowest BCUT2D eigenvalue weighted by Crippen LogP contribution is -2.07. The SMILES string of the molecule is Cc1ccccc1-c1cc(-c2nc(CCCO)nn2Cc2cc(F)ccc2F)no1. The normalized spacial score (nSPS) is 11.2. The molecule has 1 N–H and O–H groups in total. The topological polar surface area (TPSA) is 77.0 Å². The molecule has 4 rings (SSSR count). The van der Waals surface area contributed by atoms with E-state index in [2.05, 4.69) is 15.2 Å². The van der Waals surface area contributed by atoms with Crippen molar-refractivity contribution < 1.29 is 18.4 Å². The minimum atomic E-state index is -0.532. The van der Waals surface area contributed by atoms with E-state index in [1.165, 1.54) is 4.68 Å². The van der Waals surface area contributed by atoms with Crippen LogP contribution in [0, 0.1) is 18.6 Å². The molecule has 0 saturated heterocycles. The molecule has 0 aliphatic rings. The van der Waals surface area contributed by atoms with Gasteiger partial charge in [-0.2, -0.15) is 5.10 Å². The Labute approximate surface area is 171 Å². The summed E-state index contributed by atoms with van der Waals surface area (Å²) >= 11 is 0. The number of halogens is 2. The molecule has 2 heterocycles. The molecule has 0 unspecified atom stereocenters. The number of aryl methyl sites for hydroxylation is 2. The first-order valence-electron chi connectivity index (χ1n) is 9.56. The Morgan fingerprint density at radius 2 is 1.93 bits per heavy atom. The van der Waals surface area contributed by atoms with Gasteiger partial charge < -0.3 is 9.63 Å². The third kappa shape index (κ3) is 4.13. The molecule has 0 aliphatic heterocycles. The molecule has 8 heteroatoms. The van der Waals surface area contributed by atoms with Crippen LogP contribution in [0.4, 0.5) is 8.78 Å². The molecule has 0 atom stereocenters. The molecule has 0 radical (unpaired) electrons. The summed E-state index contributed by atoms with van der Waals surface area (Å²) in [7, 11) is 0. The minimum Gasteiger partial charge on any atom is -0.396 e. The van der Waals surface area contributed by atoms with E-state index in [1.807, 2.05) is 31.2 Å². The number of aromatic nitrogens is 4. The second-order valence-corrected chi connectivity index (χ2v) is 6.96. The van der Waals surface area contributed by atoms with Gasteiger partial charge in [-0.1, -0.05) is 29.4 Å². The summed E-state index contributed by atoms with van der Waals surface area (Å²) in [5, 5.41) is 17.6.